The summed E-state index contributed by atoms with van der Waals surface area (Å²) in [5, 5.41) is 8.62. The first-order valence-electron chi connectivity index (χ1n) is 5.46. The molecule has 4 nitrogen and oxygen atoms in total. The second kappa shape index (κ2) is 7.29. The van der Waals surface area contributed by atoms with Gasteiger partial charge in [0.25, 0.3) is 0 Å². The number of methoxy groups -OCH3 is 1. The maximum atomic E-state index is 10.8. The van der Waals surface area contributed by atoms with Gasteiger partial charge in [-0.05, 0) is 37.1 Å². The van der Waals surface area contributed by atoms with Gasteiger partial charge in [0.05, 0.1) is 25.3 Å². The number of hydrogen-bond donors (Lipinski definition) is 0. The molecule has 90 valence electrons. The summed E-state index contributed by atoms with van der Waals surface area (Å²) < 4.78 is 9.99. The van der Waals surface area contributed by atoms with Crippen molar-refractivity contribution in [2.75, 3.05) is 13.7 Å². The molecule has 0 radical (unpaired) electrons. The molecule has 0 spiro atoms. The van der Waals surface area contributed by atoms with E-state index >= 15 is 0 Å². The Balaban J connectivity index is 2.18. The molecule has 0 fully saturated rings. The van der Waals surface area contributed by atoms with Gasteiger partial charge < -0.3 is 9.47 Å². The van der Waals surface area contributed by atoms with Crippen LogP contribution in [0.15, 0.2) is 24.3 Å². The molecule has 0 amide bonds. The molecular formula is C13H15NO3. The quantitative estimate of drug-likeness (QED) is 0.558. The van der Waals surface area contributed by atoms with Crippen molar-refractivity contribution in [3.63, 3.8) is 0 Å². The molecule has 0 saturated carbocycles. The van der Waals surface area contributed by atoms with Crippen molar-refractivity contribution in [1.82, 2.24) is 0 Å². The number of esters is 1. The minimum Gasteiger partial charge on any atom is -0.494 e. The van der Waals surface area contributed by atoms with Gasteiger partial charge in [0.1, 0.15) is 5.75 Å². The van der Waals surface area contributed by atoms with Crippen molar-refractivity contribution in [3.05, 3.63) is 29.8 Å². The third-order valence-corrected chi connectivity index (χ3v) is 2.26. The second-order valence-electron chi connectivity index (χ2n) is 3.52. The molecule has 17 heavy (non-hydrogen) atoms. The van der Waals surface area contributed by atoms with Crippen LogP contribution in [0.1, 0.15) is 24.8 Å². The first-order chi connectivity index (χ1) is 8.26. The monoisotopic (exact) mass is 233 g/mol. The van der Waals surface area contributed by atoms with Crippen molar-refractivity contribution < 1.29 is 14.3 Å². The zero-order valence-electron chi connectivity index (χ0n) is 9.81. The number of carbonyl (C=O) groups is 1. The second-order valence-corrected chi connectivity index (χ2v) is 3.52. The number of ether oxygens (including phenoxy) is 2. The molecule has 1 aromatic rings. The molecule has 0 unspecified atom stereocenters. The zero-order chi connectivity index (χ0) is 12.5. The maximum Gasteiger partial charge on any atom is 0.305 e. The Morgan fingerprint density at radius 3 is 2.59 bits per heavy atom. The first-order valence-corrected chi connectivity index (χ1v) is 5.46. The number of carbonyl (C=O) groups excluding carboxylic acids is 1. The van der Waals surface area contributed by atoms with Crippen LogP contribution in [-0.4, -0.2) is 19.7 Å². The Labute approximate surface area is 101 Å². The van der Waals surface area contributed by atoms with E-state index in [1.807, 2.05) is 6.07 Å². The van der Waals surface area contributed by atoms with Crippen molar-refractivity contribution >= 4 is 5.97 Å². The Morgan fingerprint density at radius 2 is 2.00 bits per heavy atom. The largest absolute Gasteiger partial charge is 0.494 e. The summed E-state index contributed by atoms with van der Waals surface area (Å²) in [5.74, 6) is 0.547. The number of nitrogens with zero attached hydrogens (tertiary/aromatic N) is 1. The summed E-state index contributed by atoms with van der Waals surface area (Å²) in [6.45, 7) is 0.558. The highest BCUT2D eigenvalue weighted by Gasteiger charge is 1.99. The summed E-state index contributed by atoms with van der Waals surface area (Å²) in [6.07, 6.45) is 1.98. The molecule has 0 aromatic heterocycles. The first kappa shape index (κ1) is 13.0. The van der Waals surface area contributed by atoms with Gasteiger partial charge in [-0.3, -0.25) is 4.79 Å². The van der Waals surface area contributed by atoms with Crippen molar-refractivity contribution in [3.8, 4) is 11.8 Å². The summed E-state index contributed by atoms with van der Waals surface area (Å²) in [5.41, 5.74) is 0.614. The number of rotatable bonds is 6. The van der Waals surface area contributed by atoms with Crippen LogP contribution in [0, 0.1) is 11.3 Å². The van der Waals surface area contributed by atoms with E-state index < -0.39 is 0 Å². The van der Waals surface area contributed by atoms with Gasteiger partial charge >= 0.3 is 5.97 Å². The maximum absolute atomic E-state index is 10.8. The molecule has 1 rings (SSSR count). The van der Waals surface area contributed by atoms with E-state index in [1.54, 1.807) is 24.3 Å². The molecule has 0 bridgehead atoms. The van der Waals surface area contributed by atoms with Crippen LogP contribution in [0.3, 0.4) is 0 Å². The smallest absolute Gasteiger partial charge is 0.305 e. The van der Waals surface area contributed by atoms with E-state index in [1.165, 1.54) is 7.11 Å². The van der Waals surface area contributed by atoms with E-state index in [2.05, 4.69) is 4.74 Å². The molecule has 0 saturated heterocycles. The lowest BCUT2D eigenvalue weighted by atomic mass is 10.2. The fourth-order valence-electron chi connectivity index (χ4n) is 1.29. The molecule has 0 aliphatic carbocycles. The SMILES string of the molecule is COC(=O)CCCCOc1ccc(C#N)cc1. The van der Waals surface area contributed by atoms with Crippen LogP contribution in [0.4, 0.5) is 0 Å². The molecule has 0 heterocycles. The van der Waals surface area contributed by atoms with Crippen LogP contribution in [-0.2, 0) is 9.53 Å². The van der Waals surface area contributed by atoms with E-state index in [0.29, 0.717) is 18.6 Å². The van der Waals surface area contributed by atoms with Gasteiger partial charge in [0.2, 0.25) is 0 Å². The fourth-order valence-corrected chi connectivity index (χ4v) is 1.29. The van der Waals surface area contributed by atoms with E-state index in [9.17, 15) is 4.79 Å². The van der Waals surface area contributed by atoms with Crippen molar-refractivity contribution in [2.24, 2.45) is 0 Å². The third kappa shape index (κ3) is 5.03. The molecule has 0 atom stereocenters. The molecular weight excluding hydrogens is 218 g/mol. The highest BCUT2D eigenvalue weighted by Crippen LogP contribution is 2.12. The van der Waals surface area contributed by atoms with Crippen LogP contribution in [0.5, 0.6) is 5.75 Å². The predicted octanol–water partition coefficient (Wildman–Crippen LogP) is 2.28. The van der Waals surface area contributed by atoms with E-state index in [4.69, 9.17) is 10.00 Å². The van der Waals surface area contributed by atoms with Gasteiger partial charge in [0.15, 0.2) is 0 Å². The fraction of sp³-hybridized carbons (Fsp3) is 0.385. The Bertz CT molecular complexity index is 392. The number of unbranched alkanes of at least 4 members (excludes halogenated alkanes) is 1. The molecule has 0 aliphatic rings. The molecule has 0 aliphatic heterocycles. The average molecular weight is 233 g/mol. The Hall–Kier alpha value is -2.02. The van der Waals surface area contributed by atoms with Crippen LogP contribution < -0.4 is 4.74 Å². The predicted molar refractivity (Wildman–Crippen MR) is 62.5 cm³/mol. The average Bonchev–Trinajstić information content (AvgIpc) is 2.38. The van der Waals surface area contributed by atoms with Crippen LogP contribution in [0.25, 0.3) is 0 Å². The van der Waals surface area contributed by atoms with Crippen LogP contribution in [0.2, 0.25) is 0 Å². The lowest BCUT2D eigenvalue weighted by Crippen LogP contribution is -2.02. The number of benzene rings is 1. The van der Waals surface area contributed by atoms with Gasteiger partial charge in [-0.2, -0.15) is 5.26 Å². The topological polar surface area (TPSA) is 59.3 Å². The standard InChI is InChI=1S/C13H15NO3/c1-16-13(15)4-2-3-9-17-12-7-5-11(10-14)6-8-12/h5-8H,2-4,9H2,1H3. The molecule has 0 N–H and O–H groups in total. The van der Waals surface area contributed by atoms with E-state index in [-0.39, 0.29) is 5.97 Å². The zero-order valence-corrected chi connectivity index (χ0v) is 9.81. The molecule has 4 heteroatoms. The van der Waals surface area contributed by atoms with Gasteiger partial charge in [-0.1, -0.05) is 0 Å². The van der Waals surface area contributed by atoms with Crippen molar-refractivity contribution in [2.45, 2.75) is 19.3 Å². The Kier molecular flexibility index (Phi) is 5.59. The lowest BCUT2D eigenvalue weighted by Gasteiger charge is -2.05. The number of hydrogen-bond acceptors (Lipinski definition) is 4. The van der Waals surface area contributed by atoms with Gasteiger partial charge in [0, 0.05) is 6.42 Å². The van der Waals surface area contributed by atoms with Crippen LogP contribution >= 0.6 is 0 Å². The third-order valence-electron chi connectivity index (χ3n) is 2.26. The Morgan fingerprint density at radius 1 is 1.29 bits per heavy atom. The lowest BCUT2D eigenvalue weighted by molar-refractivity contribution is -0.140. The highest BCUT2D eigenvalue weighted by molar-refractivity contribution is 5.68. The summed E-state index contributed by atoms with van der Waals surface area (Å²) in [4.78, 5) is 10.8. The highest BCUT2D eigenvalue weighted by atomic mass is 16.5. The minimum absolute atomic E-state index is 0.191. The summed E-state index contributed by atoms with van der Waals surface area (Å²) in [6, 6.07) is 8.99. The van der Waals surface area contributed by atoms with Gasteiger partial charge in [-0.15, -0.1) is 0 Å². The molecule has 1 aromatic carbocycles. The summed E-state index contributed by atoms with van der Waals surface area (Å²) >= 11 is 0. The van der Waals surface area contributed by atoms with Crippen molar-refractivity contribution in [1.29, 1.82) is 5.26 Å². The minimum atomic E-state index is -0.191. The summed E-state index contributed by atoms with van der Waals surface area (Å²) in [7, 11) is 1.38. The van der Waals surface area contributed by atoms with E-state index in [0.717, 1.165) is 18.6 Å². The van der Waals surface area contributed by atoms with Gasteiger partial charge in [-0.25, -0.2) is 0 Å². The normalized spacial score (nSPS) is 9.41. The number of nitriles is 1.